The van der Waals surface area contributed by atoms with Gasteiger partial charge in [0.25, 0.3) is 11.8 Å². The van der Waals surface area contributed by atoms with Crippen molar-refractivity contribution in [3.63, 3.8) is 0 Å². The summed E-state index contributed by atoms with van der Waals surface area (Å²) in [6.07, 6.45) is 3.52. The van der Waals surface area contributed by atoms with E-state index in [1.165, 1.54) is 24.2 Å². The van der Waals surface area contributed by atoms with Crippen molar-refractivity contribution in [2.75, 3.05) is 52.4 Å². The van der Waals surface area contributed by atoms with E-state index in [1.54, 1.807) is 0 Å². The number of amides is 2. The lowest BCUT2D eigenvalue weighted by atomic mass is 9.70. The fourth-order valence-corrected chi connectivity index (χ4v) is 7.95. The van der Waals surface area contributed by atoms with Gasteiger partial charge < -0.3 is 9.84 Å². The fourth-order valence-electron chi connectivity index (χ4n) is 7.95. The number of aliphatic hydroxyl groups excluding tert-OH is 1. The molecule has 0 aromatic heterocycles. The predicted octanol–water partition coefficient (Wildman–Crippen LogP) is 3.65. The largest absolute Gasteiger partial charge is 0.389 e. The van der Waals surface area contributed by atoms with Gasteiger partial charge in [0.05, 0.1) is 18.8 Å². The summed E-state index contributed by atoms with van der Waals surface area (Å²) in [7, 11) is 0. The van der Waals surface area contributed by atoms with Gasteiger partial charge >= 0.3 is 0 Å². The van der Waals surface area contributed by atoms with Gasteiger partial charge in [0, 0.05) is 62.3 Å². The third-order valence-electron chi connectivity index (χ3n) is 10.0. The second-order valence-corrected chi connectivity index (χ2v) is 12.9. The number of carbonyl (C=O) groups is 2. The van der Waals surface area contributed by atoms with Gasteiger partial charge in [-0.25, -0.2) is 0 Å². The number of β-amino-alcohol motifs (C(OH)–C–C–N with tert-alkyl or cyclic N) is 1. The summed E-state index contributed by atoms with van der Waals surface area (Å²) in [6.45, 7) is 12.5. The Morgan fingerprint density at radius 3 is 2.18 bits per heavy atom. The van der Waals surface area contributed by atoms with Crippen molar-refractivity contribution < 1.29 is 19.4 Å². The quantitative estimate of drug-likeness (QED) is 0.537. The van der Waals surface area contributed by atoms with Crippen LogP contribution in [-0.2, 0) is 4.74 Å². The molecule has 38 heavy (non-hydrogen) atoms. The maximum Gasteiger partial charge on any atom is 0.261 e. The average molecular weight is 520 g/mol. The van der Waals surface area contributed by atoms with E-state index in [0.717, 1.165) is 42.9 Å². The number of benzene rings is 2. The van der Waals surface area contributed by atoms with Gasteiger partial charge in [-0.15, -0.1) is 0 Å². The van der Waals surface area contributed by atoms with E-state index in [1.807, 2.05) is 36.4 Å². The van der Waals surface area contributed by atoms with Gasteiger partial charge in [-0.05, 0) is 53.5 Å². The molecule has 2 aromatic carbocycles. The van der Waals surface area contributed by atoms with E-state index in [2.05, 4.69) is 30.6 Å². The maximum absolute atomic E-state index is 13.2. The summed E-state index contributed by atoms with van der Waals surface area (Å²) >= 11 is 0. The van der Waals surface area contributed by atoms with Crippen molar-refractivity contribution in [3.05, 3.63) is 47.5 Å². The van der Waals surface area contributed by atoms with Gasteiger partial charge in [0.15, 0.2) is 0 Å². The minimum atomic E-state index is -0.494. The SMILES string of the molecule is CC1(C)[C@@H]2CC[C@@](C)(C2)[C@@H]1OC[C@H](O)CN1CCN(CCN2C(=O)c3cccc4cccc(c34)C2=O)CC1. The van der Waals surface area contributed by atoms with Crippen molar-refractivity contribution in [2.24, 2.45) is 16.7 Å². The predicted molar refractivity (Wildman–Crippen MR) is 147 cm³/mol. The molecular formula is C31H41N3O4. The highest BCUT2D eigenvalue weighted by atomic mass is 16.5. The van der Waals surface area contributed by atoms with Gasteiger partial charge in [-0.2, -0.15) is 0 Å². The minimum Gasteiger partial charge on any atom is -0.389 e. The molecule has 204 valence electrons. The number of fused-ring (bicyclic) bond motifs is 2. The van der Waals surface area contributed by atoms with Crippen LogP contribution >= 0.6 is 0 Å². The molecule has 2 heterocycles. The molecule has 4 atom stereocenters. The van der Waals surface area contributed by atoms with E-state index < -0.39 is 6.10 Å². The Morgan fingerprint density at radius 2 is 1.58 bits per heavy atom. The lowest BCUT2D eigenvalue weighted by molar-refractivity contribution is -0.114. The Labute approximate surface area is 225 Å². The summed E-state index contributed by atoms with van der Waals surface area (Å²) in [5, 5.41) is 12.5. The molecule has 7 nitrogen and oxygen atoms in total. The van der Waals surface area contributed by atoms with Crippen LogP contribution in [0.4, 0.5) is 0 Å². The monoisotopic (exact) mass is 519 g/mol. The van der Waals surface area contributed by atoms with Crippen LogP contribution in [0.3, 0.4) is 0 Å². The summed E-state index contributed by atoms with van der Waals surface area (Å²) in [5.41, 5.74) is 1.66. The first-order valence-corrected chi connectivity index (χ1v) is 14.3. The number of imide groups is 1. The van der Waals surface area contributed by atoms with Crippen LogP contribution in [-0.4, -0.2) is 96.2 Å². The van der Waals surface area contributed by atoms with Gasteiger partial charge in [0.2, 0.25) is 0 Å². The Kier molecular flexibility index (Phi) is 6.62. The minimum absolute atomic E-state index is 0.185. The first kappa shape index (κ1) is 25.9. The Hall–Kier alpha value is -2.32. The summed E-state index contributed by atoms with van der Waals surface area (Å²) in [4.78, 5) is 32.3. The zero-order valence-corrected chi connectivity index (χ0v) is 23.0. The topological polar surface area (TPSA) is 73.3 Å². The van der Waals surface area contributed by atoms with Crippen molar-refractivity contribution in [3.8, 4) is 0 Å². The molecular weight excluding hydrogens is 478 g/mol. The number of aliphatic hydroxyl groups is 1. The molecule has 1 saturated heterocycles. The van der Waals surface area contributed by atoms with E-state index in [4.69, 9.17) is 4.74 Å². The van der Waals surface area contributed by atoms with Gasteiger partial charge in [0.1, 0.15) is 0 Å². The summed E-state index contributed by atoms with van der Waals surface area (Å²) in [6, 6.07) is 11.3. The zero-order valence-electron chi connectivity index (χ0n) is 23.0. The molecule has 6 rings (SSSR count). The van der Waals surface area contributed by atoms with E-state index >= 15 is 0 Å². The van der Waals surface area contributed by atoms with Crippen molar-refractivity contribution >= 4 is 22.6 Å². The third-order valence-corrected chi connectivity index (χ3v) is 10.0. The summed E-state index contributed by atoms with van der Waals surface area (Å²) < 4.78 is 6.39. The lowest BCUT2D eigenvalue weighted by Crippen LogP contribution is -2.52. The standard InChI is InChI=1S/C31H41N3O4/c1-30(2)22-10-11-31(3,18-22)29(30)38-20-23(35)19-33-14-12-32(13-15-33)16-17-34-27(36)24-8-4-6-21-7-5-9-25(26(21)24)28(34)37/h4-9,22-23,29,35H,10-20H2,1-3H3/t22-,23-,29-,31+/m1/s1. The second kappa shape index (κ2) is 9.70. The highest BCUT2D eigenvalue weighted by molar-refractivity contribution is 6.25. The molecule has 0 spiro atoms. The molecule has 2 amide bonds. The van der Waals surface area contributed by atoms with Crippen LogP contribution in [0.25, 0.3) is 10.8 Å². The number of carbonyl (C=O) groups excluding carboxylic acids is 2. The number of piperazine rings is 1. The van der Waals surface area contributed by atoms with Crippen molar-refractivity contribution in [1.82, 2.24) is 14.7 Å². The molecule has 0 radical (unpaired) electrons. The van der Waals surface area contributed by atoms with Crippen LogP contribution in [0.15, 0.2) is 36.4 Å². The normalized spacial score (nSPS) is 29.9. The molecule has 2 bridgehead atoms. The number of nitrogens with zero attached hydrogens (tertiary/aromatic N) is 3. The number of rotatable bonds is 8. The fraction of sp³-hybridized carbons (Fsp3) is 0.613. The number of ether oxygens (including phenoxy) is 1. The van der Waals surface area contributed by atoms with Gasteiger partial charge in [-0.3, -0.25) is 24.3 Å². The van der Waals surface area contributed by atoms with Gasteiger partial charge in [-0.1, -0.05) is 45.0 Å². The van der Waals surface area contributed by atoms with E-state index in [0.29, 0.717) is 37.4 Å². The number of hydrogen-bond acceptors (Lipinski definition) is 6. The van der Waals surface area contributed by atoms with Crippen LogP contribution in [0.2, 0.25) is 0 Å². The summed E-state index contributed by atoms with van der Waals surface area (Å²) in [5.74, 6) is 0.337. The molecule has 2 aliphatic heterocycles. The molecule has 2 aromatic rings. The maximum atomic E-state index is 13.2. The Morgan fingerprint density at radius 1 is 0.947 bits per heavy atom. The molecule has 7 heteroatoms. The Balaban J connectivity index is 0.973. The average Bonchev–Trinajstić information content (AvgIpc) is 3.39. The molecule has 1 N–H and O–H groups in total. The van der Waals surface area contributed by atoms with E-state index in [9.17, 15) is 14.7 Å². The van der Waals surface area contributed by atoms with E-state index in [-0.39, 0.29) is 28.7 Å². The lowest BCUT2D eigenvalue weighted by Gasteiger charge is -2.43. The highest BCUT2D eigenvalue weighted by Gasteiger charge is 2.60. The zero-order chi connectivity index (χ0) is 26.7. The Bertz CT molecular complexity index is 1180. The van der Waals surface area contributed by atoms with Crippen molar-refractivity contribution in [2.45, 2.75) is 52.2 Å². The van der Waals surface area contributed by atoms with Crippen LogP contribution in [0, 0.1) is 16.7 Å². The highest BCUT2D eigenvalue weighted by Crippen LogP contribution is 2.63. The number of hydrogen-bond donors (Lipinski definition) is 1. The molecule has 3 fully saturated rings. The van der Waals surface area contributed by atoms with Crippen molar-refractivity contribution in [1.29, 1.82) is 0 Å². The molecule has 2 saturated carbocycles. The third kappa shape index (κ3) is 4.37. The smallest absolute Gasteiger partial charge is 0.261 e. The second-order valence-electron chi connectivity index (χ2n) is 12.9. The van der Waals surface area contributed by atoms with Crippen LogP contribution in [0.1, 0.15) is 60.7 Å². The first-order chi connectivity index (χ1) is 18.2. The first-order valence-electron chi connectivity index (χ1n) is 14.3. The van der Waals surface area contributed by atoms with Crippen LogP contribution < -0.4 is 0 Å². The molecule has 0 unspecified atom stereocenters. The molecule has 4 aliphatic rings. The van der Waals surface area contributed by atoms with Crippen LogP contribution in [0.5, 0.6) is 0 Å². The molecule has 2 aliphatic carbocycles.